The number of anilines is 1. The number of ether oxygens (including phenoxy) is 1. The number of pyridine rings is 1. The first-order valence-corrected chi connectivity index (χ1v) is 5.36. The lowest BCUT2D eigenvalue weighted by Gasteiger charge is -2.05. The van der Waals surface area contributed by atoms with E-state index in [1.165, 1.54) is 0 Å². The van der Waals surface area contributed by atoms with E-state index in [0.29, 0.717) is 17.8 Å². The van der Waals surface area contributed by atoms with Crippen LogP contribution in [-0.2, 0) is 16.1 Å². The highest BCUT2D eigenvalue weighted by Crippen LogP contribution is 2.18. The summed E-state index contributed by atoms with van der Waals surface area (Å²) >= 11 is 0. The molecule has 0 atom stereocenters. The van der Waals surface area contributed by atoms with Gasteiger partial charge in [0.2, 0.25) is 5.95 Å². The fraction of sp³-hybridized carbons (Fsp3) is 0.364. The van der Waals surface area contributed by atoms with Gasteiger partial charge < -0.3 is 10.5 Å². The van der Waals surface area contributed by atoms with E-state index in [9.17, 15) is 4.79 Å². The molecule has 0 radical (unpaired) electrons. The number of hydrogen-bond donors (Lipinski definition) is 1. The molecule has 0 saturated carbocycles. The van der Waals surface area contributed by atoms with Crippen molar-refractivity contribution in [2.24, 2.45) is 0 Å². The van der Waals surface area contributed by atoms with Gasteiger partial charge in [-0.05, 0) is 25.5 Å². The number of hydrogen-bond acceptors (Lipinski definition) is 5. The zero-order chi connectivity index (χ0) is 12.4. The normalized spacial score (nSPS) is 10.7. The van der Waals surface area contributed by atoms with Gasteiger partial charge in [-0.1, -0.05) is 0 Å². The summed E-state index contributed by atoms with van der Waals surface area (Å²) in [7, 11) is 0. The summed E-state index contributed by atoms with van der Waals surface area (Å²) in [5.41, 5.74) is 8.07. The summed E-state index contributed by atoms with van der Waals surface area (Å²) in [6.45, 7) is 4.06. The van der Waals surface area contributed by atoms with Gasteiger partial charge in [-0.2, -0.15) is 0 Å². The van der Waals surface area contributed by atoms with Crippen LogP contribution in [-0.4, -0.2) is 27.1 Å². The summed E-state index contributed by atoms with van der Waals surface area (Å²) in [5.74, 6) is -0.0725. The van der Waals surface area contributed by atoms with Gasteiger partial charge in [0.25, 0.3) is 0 Å². The molecule has 0 aliphatic rings. The second kappa shape index (κ2) is 4.40. The van der Waals surface area contributed by atoms with E-state index in [-0.39, 0.29) is 18.5 Å². The number of aromatic nitrogens is 3. The molecule has 0 saturated heterocycles. The summed E-state index contributed by atoms with van der Waals surface area (Å²) in [6, 6.07) is 1.85. The van der Waals surface area contributed by atoms with Crippen molar-refractivity contribution < 1.29 is 9.53 Å². The van der Waals surface area contributed by atoms with E-state index < -0.39 is 0 Å². The molecule has 2 N–H and O–H groups in total. The summed E-state index contributed by atoms with van der Waals surface area (Å²) in [5, 5.41) is 0. The maximum Gasteiger partial charge on any atom is 0.326 e. The van der Waals surface area contributed by atoms with Crippen LogP contribution in [0.4, 0.5) is 5.95 Å². The molecule has 0 aromatic carbocycles. The average Bonchev–Trinajstić information content (AvgIpc) is 2.58. The lowest BCUT2D eigenvalue weighted by atomic mass is 10.3. The Labute approximate surface area is 98.4 Å². The van der Waals surface area contributed by atoms with Crippen LogP contribution in [0.2, 0.25) is 0 Å². The van der Waals surface area contributed by atoms with Crippen molar-refractivity contribution >= 4 is 23.1 Å². The molecule has 0 fully saturated rings. The van der Waals surface area contributed by atoms with Crippen LogP contribution in [0.5, 0.6) is 0 Å². The Bertz CT molecular complexity index is 562. The van der Waals surface area contributed by atoms with E-state index in [0.717, 1.165) is 5.56 Å². The van der Waals surface area contributed by atoms with Gasteiger partial charge in [0, 0.05) is 6.20 Å². The van der Waals surface area contributed by atoms with Crippen molar-refractivity contribution in [3.05, 3.63) is 17.8 Å². The van der Waals surface area contributed by atoms with E-state index in [4.69, 9.17) is 10.5 Å². The summed E-state index contributed by atoms with van der Waals surface area (Å²) in [4.78, 5) is 19.8. The predicted molar refractivity (Wildman–Crippen MR) is 63.3 cm³/mol. The lowest BCUT2D eigenvalue weighted by molar-refractivity contribution is -0.143. The third-order valence-corrected chi connectivity index (χ3v) is 2.46. The Morgan fingerprint density at radius 1 is 1.59 bits per heavy atom. The number of aryl methyl sites for hydroxylation is 1. The summed E-state index contributed by atoms with van der Waals surface area (Å²) < 4.78 is 6.43. The third kappa shape index (κ3) is 2.06. The molecule has 90 valence electrons. The number of carbonyl (C=O) groups is 1. The molecule has 6 heteroatoms. The summed E-state index contributed by atoms with van der Waals surface area (Å²) in [6.07, 6.45) is 1.67. The van der Waals surface area contributed by atoms with Gasteiger partial charge in [-0.15, -0.1) is 0 Å². The third-order valence-electron chi connectivity index (χ3n) is 2.46. The Hall–Kier alpha value is -2.11. The second-order valence-electron chi connectivity index (χ2n) is 3.66. The molecule has 0 bridgehead atoms. The van der Waals surface area contributed by atoms with E-state index >= 15 is 0 Å². The molecule has 2 rings (SSSR count). The van der Waals surface area contributed by atoms with Crippen molar-refractivity contribution in [2.45, 2.75) is 20.4 Å². The molecule has 2 aromatic heterocycles. The maximum absolute atomic E-state index is 11.4. The number of nitrogens with two attached hydrogens (primary N) is 1. The van der Waals surface area contributed by atoms with Gasteiger partial charge in [-0.25, -0.2) is 9.97 Å². The fourth-order valence-corrected chi connectivity index (χ4v) is 1.65. The van der Waals surface area contributed by atoms with E-state index in [2.05, 4.69) is 9.97 Å². The van der Waals surface area contributed by atoms with Crippen LogP contribution < -0.4 is 5.73 Å². The van der Waals surface area contributed by atoms with Gasteiger partial charge in [0.05, 0.1) is 6.61 Å². The first-order valence-electron chi connectivity index (χ1n) is 5.36. The van der Waals surface area contributed by atoms with Crippen LogP contribution in [0.25, 0.3) is 11.2 Å². The molecule has 2 heterocycles. The van der Waals surface area contributed by atoms with Gasteiger partial charge in [0.1, 0.15) is 12.1 Å². The minimum atomic E-state index is -0.346. The zero-order valence-corrected chi connectivity index (χ0v) is 9.80. The minimum Gasteiger partial charge on any atom is -0.465 e. The first kappa shape index (κ1) is 11.4. The standard InChI is InChI=1S/C11H14N4O2/c1-3-17-8(16)6-15-10-9(14-11(15)12)7(2)4-5-13-10/h4-5H,3,6H2,1-2H3,(H2,12,14). The van der Waals surface area contributed by atoms with Crippen molar-refractivity contribution in [3.63, 3.8) is 0 Å². The molecule has 17 heavy (non-hydrogen) atoms. The lowest BCUT2D eigenvalue weighted by Crippen LogP contribution is -2.15. The molecule has 0 aliphatic carbocycles. The Morgan fingerprint density at radius 3 is 3.06 bits per heavy atom. The maximum atomic E-state index is 11.4. The van der Waals surface area contributed by atoms with Crippen LogP contribution in [0.1, 0.15) is 12.5 Å². The van der Waals surface area contributed by atoms with Crippen molar-refractivity contribution in [3.8, 4) is 0 Å². The number of fused-ring (bicyclic) bond motifs is 1. The number of carbonyl (C=O) groups excluding carboxylic acids is 1. The van der Waals surface area contributed by atoms with Gasteiger partial charge >= 0.3 is 5.97 Å². The largest absolute Gasteiger partial charge is 0.465 e. The van der Waals surface area contributed by atoms with Crippen LogP contribution in [0, 0.1) is 6.92 Å². The van der Waals surface area contributed by atoms with Crippen molar-refractivity contribution in [2.75, 3.05) is 12.3 Å². The van der Waals surface area contributed by atoms with Gasteiger partial charge in [-0.3, -0.25) is 9.36 Å². The van der Waals surface area contributed by atoms with Gasteiger partial charge in [0.15, 0.2) is 5.65 Å². The quantitative estimate of drug-likeness (QED) is 0.797. The zero-order valence-electron chi connectivity index (χ0n) is 9.80. The molecule has 0 spiro atoms. The number of rotatable bonds is 3. The molecule has 0 aliphatic heterocycles. The SMILES string of the molecule is CCOC(=O)Cn1c(N)nc2c(C)ccnc21. The van der Waals surface area contributed by atoms with Crippen LogP contribution in [0.15, 0.2) is 12.3 Å². The first-order chi connectivity index (χ1) is 8.13. The Balaban J connectivity index is 2.43. The smallest absolute Gasteiger partial charge is 0.326 e. The van der Waals surface area contributed by atoms with Crippen LogP contribution >= 0.6 is 0 Å². The minimum absolute atomic E-state index is 0.0344. The fourth-order valence-electron chi connectivity index (χ4n) is 1.65. The molecular formula is C11H14N4O2. The monoisotopic (exact) mass is 234 g/mol. The second-order valence-corrected chi connectivity index (χ2v) is 3.66. The molecule has 0 amide bonds. The molecule has 2 aromatic rings. The highest BCUT2D eigenvalue weighted by Gasteiger charge is 2.14. The average molecular weight is 234 g/mol. The topological polar surface area (TPSA) is 83.0 Å². The van der Waals surface area contributed by atoms with Crippen LogP contribution in [0.3, 0.4) is 0 Å². The van der Waals surface area contributed by atoms with Crippen molar-refractivity contribution in [1.29, 1.82) is 0 Å². The highest BCUT2D eigenvalue weighted by molar-refractivity contribution is 5.80. The number of nitrogen functional groups attached to an aromatic ring is 1. The molecular weight excluding hydrogens is 220 g/mol. The van der Waals surface area contributed by atoms with E-state index in [1.807, 2.05) is 13.0 Å². The number of imidazole rings is 1. The predicted octanol–water partition coefficient (Wildman–Crippen LogP) is 0.885. The Morgan fingerprint density at radius 2 is 2.35 bits per heavy atom. The van der Waals surface area contributed by atoms with Crippen molar-refractivity contribution in [1.82, 2.24) is 14.5 Å². The van der Waals surface area contributed by atoms with E-state index in [1.54, 1.807) is 17.7 Å². The molecule has 0 unspecified atom stereocenters. The molecule has 6 nitrogen and oxygen atoms in total. The number of esters is 1. The highest BCUT2D eigenvalue weighted by atomic mass is 16.5. The number of nitrogens with zero attached hydrogens (tertiary/aromatic N) is 3. The Kier molecular flexibility index (Phi) is 2.95.